The molecule has 23 heavy (non-hydrogen) atoms. The molecule has 0 aromatic heterocycles. The van der Waals surface area contributed by atoms with Crippen molar-refractivity contribution in [1.29, 1.82) is 0 Å². The molecule has 0 aromatic carbocycles. The van der Waals surface area contributed by atoms with Crippen molar-refractivity contribution in [3.8, 4) is 0 Å². The maximum atomic E-state index is 11.8. The molecule has 0 fully saturated rings. The zero-order chi connectivity index (χ0) is 19.0. The van der Waals surface area contributed by atoms with Crippen molar-refractivity contribution in [2.45, 2.75) is 43.7 Å². The third-order valence-electron chi connectivity index (χ3n) is 3.55. The molecule has 10 nitrogen and oxygen atoms in total. The number of carbonyl (C=O) groups excluding carboxylic acids is 4. The van der Waals surface area contributed by atoms with Crippen LogP contribution in [0.5, 0.6) is 0 Å². The highest BCUT2D eigenvalue weighted by molar-refractivity contribution is 9.18. The maximum Gasteiger partial charge on any atom is 0.336 e. The summed E-state index contributed by atoms with van der Waals surface area (Å²) in [5, 5.41) is 49.4. The molecule has 0 unspecified atom stereocenters. The smallest absolute Gasteiger partial charge is 0.336 e. The molecular weight excluding hydrogens is 384 g/mol. The van der Waals surface area contributed by atoms with Gasteiger partial charge in [0.25, 0.3) is 0 Å². The number of carbonyl (C=O) groups is 5. The summed E-state index contributed by atoms with van der Waals surface area (Å²) < 4.78 is -1.73. The van der Waals surface area contributed by atoms with Crippen molar-refractivity contribution in [1.82, 2.24) is 0 Å². The van der Waals surface area contributed by atoms with Gasteiger partial charge in [0.2, 0.25) is 15.9 Å². The third kappa shape index (κ3) is 2.74. The Morgan fingerprint density at radius 1 is 0.870 bits per heavy atom. The second-order valence-corrected chi connectivity index (χ2v) is 5.59. The predicted octanol–water partition coefficient (Wildman–Crippen LogP) is -2.69. The molecule has 0 heterocycles. The largest absolute Gasteiger partial charge is 0.479 e. The quantitative estimate of drug-likeness (QED) is 0.213. The summed E-state index contributed by atoms with van der Waals surface area (Å²) in [5.41, 5.74) is -11.6. The van der Waals surface area contributed by atoms with Crippen molar-refractivity contribution in [2.24, 2.45) is 0 Å². The van der Waals surface area contributed by atoms with Gasteiger partial charge in [0.1, 0.15) is 0 Å². The highest BCUT2D eigenvalue weighted by Gasteiger charge is 2.75. The monoisotopic (exact) mass is 398 g/mol. The fourth-order valence-corrected chi connectivity index (χ4v) is 2.72. The summed E-state index contributed by atoms with van der Waals surface area (Å²) >= 11 is 2.16. The van der Waals surface area contributed by atoms with E-state index in [4.69, 9.17) is 5.11 Å². The minimum absolute atomic E-state index is 0.479. The fraction of sp³-hybridized carbons (Fsp3) is 0.583. The van der Waals surface area contributed by atoms with Gasteiger partial charge in [0, 0.05) is 0 Å². The van der Waals surface area contributed by atoms with Crippen molar-refractivity contribution in [3.05, 3.63) is 0 Å². The van der Waals surface area contributed by atoms with Crippen LogP contribution < -0.4 is 0 Å². The summed E-state index contributed by atoms with van der Waals surface area (Å²) in [7, 11) is 0. The van der Waals surface area contributed by atoms with Gasteiger partial charge < -0.3 is 25.5 Å². The SMILES string of the molecule is CC(=O)[C@](O)(C(=O)Br)[C@](O)(C(C)=O)[C@@](O)(C(C)=O)[C@H](O)C(=O)O. The van der Waals surface area contributed by atoms with Gasteiger partial charge in [0.05, 0.1) is 0 Å². The topological polar surface area (TPSA) is 186 Å². The van der Waals surface area contributed by atoms with Gasteiger partial charge in [-0.2, -0.15) is 0 Å². The number of aliphatic hydroxyl groups excluding tert-OH is 1. The average Bonchev–Trinajstić information content (AvgIpc) is 2.42. The van der Waals surface area contributed by atoms with Crippen molar-refractivity contribution in [2.75, 3.05) is 0 Å². The summed E-state index contributed by atoms with van der Waals surface area (Å²) in [6.07, 6.45) is -3.13. The highest BCUT2D eigenvalue weighted by atomic mass is 79.9. The van der Waals surface area contributed by atoms with Crippen molar-refractivity contribution < 1.29 is 49.5 Å². The van der Waals surface area contributed by atoms with Crippen LogP contribution in [-0.2, 0) is 24.0 Å². The Kier molecular flexibility index (Phi) is 6.10. The van der Waals surface area contributed by atoms with E-state index in [-0.39, 0.29) is 0 Å². The maximum absolute atomic E-state index is 11.8. The zero-order valence-corrected chi connectivity index (χ0v) is 13.8. The minimum atomic E-state index is -3.98. The molecule has 0 bridgehead atoms. The van der Waals surface area contributed by atoms with Gasteiger partial charge in [-0.15, -0.1) is 0 Å². The average molecular weight is 399 g/mol. The van der Waals surface area contributed by atoms with Gasteiger partial charge in [-0.3, -0.25) is 19.2 Å². The lowest BCUT2D eigenvalue weighted by atomic mass is 9.63. The predicted molar refractivity (Wildman–Crippen MR) is 74.5 cm³/mol. The van der Waals surface area contributed by atoms with Gasteiger partial charge in [-0.05, 0) is 36.7 Å². The minimum Gasteiger partial charge on any atom is -0.479 e. The highest BCUT2D eigenvalue weighted by Crippen LogP contribution is 2.40. The van der Waals surface area contributed by atoms with E-state index in [2.05, 4.69) is 15.9 Å². The van der Waals surface area contributed by atoms with Gasteiger partial charge in [-0.25, -0.2) is 4.79 Å². The van der Waals surface area contributed by atoms with Gasteiger partial charge >= 0.3 is 5.97 Å². The number of carboxylic acid groups (broad SMARTS) is 1. The Labute approximate surface area is 137 Å². The van der Waals surface area contributed by atoms with E-state index in [9.17, 15) is 44.4 Å². The Balaban J connectivity index is 7.05. The molecule has 0 aromatic rings. The molecular formula is C12H15BrO10. The van der Waals surface area contributed by atoms with Crippen LogP contribution in [0.1, 0.15) is 20.8 Å². The van der Waals surface area contributed by atoms with Crippen molar-refractivity contribution in [3.63, 3.8) is 0 Å². The van der Waals surface area contributed by atoms with E-state index in [1.54, 1.807) is 0 Å². The molecule has 4 atom stereocenters. The number of ketones is 3. The van der Waals surface area contributed by atoms with Crippen LogP contribution in [0.15, 0.2) is 0 Å². The number of Topliss-reactive ketones (excluding diaryl/α,β-unsaturated/α-hetero) is 3. The van der Waals surface area contributed by atoms with Crippen LogP contribution >= 0.6 is 15.9 Å². The van der Waals surface area contributed by atoms with Crippen molar-refractivity contribution >= 4 is 43.9 Å². The molecule has 0 radical (unpaired) electrons. The number of aliphatic carboxylic acids is 1. The van der Waals surface area contributed by atoms with E-state index in [0.29, 0.717) is 20.8 Å². The molecule has 0 saturated heterocycles. The summed E-state index contributed by atoms with van der Waals surface area (Å²) in [6, 6.07) is 0. The van der Waals surface area contributed by atoms with Crippen LogP contribution in [0.25, 0.3) is 0 Å². The summed E-state index contributed by atoms with van der Waals surface area (Å²) in [6.45, 7) is 1.51. The van der Waals surface area contributed by atoms with Crippen LogP contribution in [0.4, 0.5) is 0 Å². The second kappa shape index (κ2) is 6.53. The first-order valence-corrected chi connectivity index (χ1v) is 6.73. The fourth-order valence-electron chi connectivity index (χ4n) is 2.16. The Bertz CT molecular complexity index is 570. The molecule has 0 amide bonds. The van der Waals surface area contributed by atoms with Gasteiger partial charge in [0.15, 0.2) is 29.1 Å². The molecule has 0 aliphatic heterocycles. The first-order chi connectivity index (χ1) is 10.1. The number of hydrogen-bond acceptors (Lipinski definition) is 9. The van der Waals surface area contributed by atoms with E-state index in [0.717, 1.165) is 0 Å². The number of carboxylic acids is 1. The summed E-state index contributed by atoms with van der Waals surface area (Å²) in [4.78, 5) is 57.8. The Morgan fingerprint density at radius 2 is 1.26 bits per heavy atom. The van der Waals surface area contributed by atoms with E-state index in [1.165, 1.54) is 0 Å². The van der Waals surface area contributed by atoms with Crippen LogP contribution in [0, 0.1) is 0 Å². The molecule has 11 heteroatoms. The number of rotatable bonds is 8. The molecule has 0 aliphatic rings. The lowest BCUT2D eigenvalue weighted by Crippen LogP contribution is -2.81. The number of aliphatic hydroxyl groups is 4. The standard InChI is InChI=1S/C12H15BrO10/c1-4(14)10(21,7(17)8(18)19)12(23,6(3)16)11(22,5(2)15)9(13)20/h7,17,21-23H,1-3H3,(H,18,19)/t7-,10-,11+,12+/m1/s1. The van der Waals surface area contributed by atoms with E-state index < -0.39 is 50.9 Å². The van der Waals surface area contributed by atoms with Crippen LogP contribution in [-0.4, -0.2) is 76.5 Å². The first kappa shape index (κ1) is 21.5. The zero-order valence-electron chi connectivity index (χ0n) is 12.2. The van der Waals surface area contributed by atoms with Crippen LogP contribution in [0.3, 0.4) is 0 Å². The summed E-state index contributed by atoms with van der Waals surface area (Å²) in [5.74, 6) is -7.23. The van der Waals surface area contributed by atoms with Crippen LogP contribution in [0.2, 0.25) is 0 Å². The molecule has 0 rings (SSSR count). The van der Waals surface area contributed by atoms with E-state index >= 15 is 0 Å². The van der Waals surface area contributed by atoms with E-state index in [1.807, 2.05) is 0 Å². The first-order valence-electron chi connectivity index (χ1n) is 5.94. The lowest BCUT2D eigenvalue weighted by molar-refractivity contribution is -0.242. The number of hydrogen-bond donors (Lipinski definition) is 5. The molecule has 0 saturated carbocycles. The molecule has 5 N–H and O–H groups in total. The normalized spacial score (nSPS) is 20.3. The third-order valence-corrected chi connectivity index (χ3v) is 4.12. The molecule has 130 valence electrons. The Hall–Kier alpha value is -1.53. The molecule has 0 spiro atoms. The van der Waals surface area contributed by atoms with Gasteiger partial charge in [-0.1, -0.05) is 0 Å². The number of halogens is 1. The second-order valence-electron chi connectivity index (χ2n) is 4.87. The lowest BCUT2D eigenvalue weighted by Gasteiger charge is -2.47. The molecule has 0 aliphatic carbocycles. The Morgan fingerprint density at radius 3 is 1.43 bits per heavy atom.